The smallest absolute Gasteiger partial charge is 0.251 e. The molecule has 0 bridgehead atoms. The van der Waals surface area contributed by atoms with Crippen LogP contribution < -0.4 is 10.1 Å². The van der Waals surface area contributed by atoms with Crippen LogP contribution in [0, 0.1) is 0 Å². The molecule has 1 N–H and O–H groups in total. The molecule has 0 aromatic heterocycles. The molecule has 1 saturated carbocycles. The van der Waals surface area contributed by atoms with E-state index in [1.54, 1.807) is 6.07 Å². The van der Waals surface area contributed by atoms with Crippen molar-refractivity contribution in [2.24, 2.45) is 0 Å². The van der Waals surface area contributed by atoms with Gasteiger partial charge in [-0.15, -0.1) is 0 Å². The first kappa shape index (κ1) is 14.6. The molecule has 1 aliphatic carbocycles. The number of ether oxygens (including phenoxy) is 1. The number of para-hydroxylation sites is 1. The molecular weight excluding hydrogens is 274 g/mol. The van der Waals surface area contributed by atoms with Gasteiger partial charge in [0.15, 0.2) is 0 Å². The van der Waals surface area contributed by atoms with Crippen LogP contribution in [0.2, 0.25) is 0 Å². The predicted octanol–water partition coefficient (Wildman–Crippen LogP) is 4.54. The number of nitrogens with one attached hydrogen (secondary N) is 1. The minimum Gasteiger partial charge on any atom is -0.457 e. The second-order valence-electron chi connectivity index (χ2n) is 5.75. The van der Waals surface area contributed by atoms with Crippen LogP contribution in [0.1, 0.15) is 42.5 Å². The minimum atomic E-state index is -0.00888. The summed E-state index contributed by atoms with van der Waals surface area (Å²) in [6.45, 7) is 0. The second kappa shape index (κ2) is 7.12. The lowest BCUT2D eigenvalue weighted by Crippen LogP contribution is -2.36. The van der Waals surface area contributed by atoms with Gasteiger partial charge < -0.3 is 10.1 Å². The Morgan fingerprint density at radius 3 is 2.41 bits per heavy atom. The van der Waals surface area contributed by atoms with Gasteiger partial charge in [0, 0.05) is 11.6 Å². The average molecular weight is 295 g/mol. The molecule has 0 unspecified atom stereocenters. The van der Waals surface area contributed by atoms with Gasteiger partial charge in [-0.05, 0) is 43.2 Å². The van der Waals surface area contributed by atoms with Crippen molar-refractivity contribution in [2.45, 2.75) is 38.1 Å². The van der Waals surface area contributed by atoms with Crippen molar-refractivity contribution in [3.63, 3.8) is 0 Å². The van der Waals surface area contributed by atoms with Crippen molar-refractivity contribution < 1.29 is 9.53 Å². The van der Waals surface area contributed by atoms with Crippen molar-refractivity contribution in [3.8, 4) is 11.5 Å². The largest absolute Gasteiger partial charge is 0.457 e. The van der Waals surface area contributed by atoms with Crippen molar-refractivity contribution in [1.82, 2.24) is 5.32 Å². The summed E-state index contributed by atoms with van der Waals surface area (Å²) in [5, 5.41) is 3.13. The van der Waals surface area contributed by atoms with Gasteiger partial charge in [0.25, 0.3) is 5.91 Å². The van der Waals surface area contributed by atoms with Gasteiger partial charge in [0.05, 0.1) is 0 Å². The molecule has 1 aliphatic rings. The summed E-state index contributed by atoms with van der Waals surface area (Å²) in [5.74, 6) is 1.44. The predicted molar refractivity (Wildman–Crippen MR) is 87.3 cm³/mol. The van der Waals surface area contributed by atoms with Crippen LogP contribution in [0.3, 0.4) is 0 Å². The van der Waals surface area contributed by atoms with Crippen molar-refractivity contribution in [2.75, 3.05) is 0 Å². The Balaban J connectivity index is 1.66. The van der Waals surface area contributed by atoms with E-state index in [2.05, 4.69) is 5.32 Å². The zero-order chi connectivity index (χ0) is 15.2. The maximum Gasteiger partial charge on any atom is 0.251 e. The van der Waals surface area contributed by atoms with Crippen LogP contribution in [-0.2, 0) is 0 Å². The summed E-state index contributed by atoms with van der Waals surface area (Å²) in [6, 6.07) is 17.3. The Kier molecular flexibility index (Phi) is 4.74. The highest BCUT2D eigenvalue weighted by Gasteiger charge is 2.16. The van der Waals surface area contributed by atoms with E-state index in [1.807, 2.05) is 48.5 Å². The Bertz CT molecular complexity index is 618. The Morgan fingerprint density at radius 1 is 0.909 bits per heavy atom. The molecule has 0 radical (unpaired) electrons. The maximum absolute atomic E-state index is 12.4. The monoisotopic (exact) mass is 295 g/mol. The molecule has 1 fully saturated rings. The number of amides is 1. The van der Waals surface area contributed by atoms with Crippen molar-refractivity contribution in [3.05, 3.63) is 60.2 Å². The third kappa shape index (κ3) is 3.88. The van der Waals surface area contributed by atoms with Crippen LogP contribution in [0.15, 0.2) is 54.6 Å². The molecule has 0 atom stereocenters. The van der Waals surface area contributed by atoms with Gasteiger partial charge in [0.2, 0.25) is 0 Å². The van der Waals surface area contributed by atoms with Gasteiger partial charge in [-0.25, -0.2) is 0 Å². The summed E-state index contributed by atoms with van der Waals surface area (Å²) in [6.07, 6.45) is 5.88. The zero-order valence-corrected chi connectivity index (χ0v) is 12.6. The van der Waals surface area contributed by atoms with Gasteiger partial charge >= 0.3 is 0 Å². The SMILES string of the molecule is O=C(NC1CCCCC1)c1cccc(Oc2ccccc2)c1. The minimum absolute atomic E-state index is 0.00888. The van der Waals surface area contributed by atoms with Crippen LogP contribution in [0.5, 0.6) is 11.5 Å². The molecule has 1 amide bonds. The number of rotatable bonds is 4. The molecule has 0 heterocycles. The maximum atomic E-state index is 12.4. The van der Waals surface area contributed by atoms with E-state index >= 15 is 0 Å². The van der Waals surface area contributed by atoms with Crippen LogP contribution in [0.4, 0.5) is 0 Å². The van der Waals surface area contributed by atoms with Crippen LogP contribution in [0.25, 0.3) is 0 Å². The first-order valence-corrected chi connectivity index (χ1v) is 7.95. The lowest BCUT2D eigenvalue weighted by molar-refractivity contribution is 0.0927. The van der Waals surface area contributed by atoms with E-state index in [-0.39, 0.29) is 5.91 Å². The van der Waals surface area contributed by atoms with Gasteiger partial charge in [0.1, 0.15) is 11.5 Å². The molecular formula is C19H21NO2. The molecule has 2 aromatic carbocycles. The molecule has 0 spiro atoms. The molecule has 3 rings (SSSR count). The van der Waals surface area contributed by atoms with E-state index in [0.29, 0.717) is 17.4 Å². The van der Waals surface area contributed by atoms with Crippen molar-refractivity contribution >= 4 is 5.91 Å². The van der Waals surface area contributed by atoms with Gasteiger partial charge in [-0.3, -0.25) is 4.79 Å². The summed E-state index contributed by atoms with van der Waals surface area (Å²) in [4.78, 5) is 12.4. The topological polar surface area (TPSA) is 38.3 Å². The summed E-state index contributed by atoms with van der Waals surface area (Å²) >= 11 is 0. The third-order valence-electron chi connectivity index (χ3n) is 4.02. The second-order valence-corrected chi connectivity index (χ2v) is 5.75. The average Bonchev–Trinajstić information content (AvgIpc) is 2.57. The number of carbonyl (C=O) groups excluding carboxylic acids is 1. The van der Waals surface area contributed by atoms with Crippen molar-refractivity contribution in [1.29, 1.82) is 0 Å². The van der Waals surface area contributed by atoms with Crippen LogP contribution >= 0.6 is 0 Å². The Morgan fingerprint density at radius 2 is 1.64 bits per heavy atom. The Labute approximate surface area is 131 Å². The van der Waals surface area contributed by atoms with E-state index in [1.165, 1.54) is 19.3 Å². The molecule has 0 saturated heterocycles. The number of hydrogen-bond donors (Lipinski definition) is 1. The number of carbonyl (C=O) groups is 1. The third-order valence-corrected chi connectivity index (χ3v) is 4.02. The van der Waals surface area contributed by atoms with Crippen LogP contribution in [-0.4, -0.2) is 11.9 Å². The Hall–Kier alpha value is -2.29. The first-order valence-electron chi connectivity index (χ1n) is 7.95. The van der Waals surface area contributed by atoms with E-state index in [0.717, 1.165) is 18.6 Å². The summed E-state index contributed by atoms with van der Waals surface area (Å²) in [5.41, 5.74) is 0.652. The fourth-order valence-electron chi connectivity index (χ4n) is 2.84. The zero-order valence-electron chi connectivity index (χ0n) is 12.6. The van der Waals surface area contributed by atoms with E-state index in [9.17, 15) is 4.79 Å². The molecule has 2 aromatic rings. The standard InChI is InChI=1S/C19H21NO2/c21-19(20-16-9-3-1-4-10-16)15-8-7-13-18(14-15)22-17-11-5-2-6-12-17/h2,5-8,11-14,16H,1,3-4,9-10H2,(H,20,21). The summed E-state index contributed by atoms with van der Waals surface area (Å²) < 4.78 is 5.78. The molecule has 0 aliphatic heterocycles. The highest BCUT2D eigenvalue weighted by atomic mass is 16.5. The van der Waals surface area contributed by atoms with Gasteiger partial charge in [-0.1, -0.05) is 43.5 Å². The molecule has 3 nitrogen and oxygen atoms in total. The molecule has 114 valence electrons. The fourth-order valence-corrected chi connectivity index (χ4v) is 2.84. The van der Waals surface area contributed by atoms with E-state index in [4.69, 9.17) is 4.74 Å². The highest BCUT2D eigenvalue weighted by Crippen LogP contribution is 2.22. The van der Waals surface area contributed by atoms with Gasteiger partial charge in [-0.2, -0.15) is 0 Å². The summed E-state index contributed by atoms with van der Waals surface area (Å²) in [7, 11) is 0. The highest BCUT2D eigenvalue weighted by molar-refractivity contribution is 5.94. The van der Waals surface area contributed by atoms with E-state index < -0.39 is 0 Å². The lowest BCUT2D eigenvalue weighted by atomic mass is 9.95. The quantitative estimate of drug-likeness (QED) is 0.899. The lowest BCUT2D eigenvalue weighted by Gasteiger charge is -2.22. The normalized spacial score (nSPS) is 15.3. The number of benzene rings is 2. The molecule has 22 heavy (non-hydrogen) atoms. The fraction of sp³-hybridized carbons (Fsp3) is 0.316. The first-order chi connectivity index (χ1) is 10.8. The number of hydrogen-bond acceptors (Lipinski definition) is 2. The molecule has 3 heteroatoms.